The fourth-order valence-electron chi connectivity index (χ4n) is 3.44. The molecule has 3 rings (SSSR count). The summed E-state index contributed by atoms with van der Waals surface area (Å²) < 4.78 is 12.9. The Morgan fingerprint density at radius 2 is 1.92 bits per heavy atom. The van der Waals surface area contributed by atoms with Crippen molar-refractivity contribution in [3.05, 3.63) is 35.6 Å². The number of halogens is 1. The highest BCUT2D eigenvalue weighted by atomic mass is 19.1. The van der Waals surface area contributed by atoms with Crippen LogP contribution in [0.1, 0.15) is 12.0 Å². The van der Waals surface area contributed by atoms with Crippen LogP contribution in [0.5, 0.6) is 0 Å². The largest absolute Gasteiger partial charge is 0.342 e. The SMILES string of the molecule is C[NH+]1CCN(C(=O)[C@H]2CC(=O)N(CCc3ccc(F)cc3)C2)CC1. The van der Waals surface area contributed by atoms with Gasteiger partial charge < -0.3 is 14.7 Å². The van der Waals surface area contributed by atoms with Gasteiger partial charge in [-0.2, -0.15) is 0 Å². The Kier molecular flexibility index (Phi) is 5.14. The van der Waals surface area contributed by atoms with Crippen molar-refractivity contribution in [3.8, 4) is 0 Å². The summed E-state index contributed by atoms with van der Waals surface area (Å²) in [5, 5.41) is 0. The third kappa shape index (κ3) is 3.93. The third-order valence-electron chi connectivity index (χ3n) is 5.08. The second-order valence-corrected chi connectivity index (χ2v) is 6.90. The number of nitrogens with zero attached hydrogens (tertiary/aromatic N) is 2. The Morgan fingerprint density at radius 1 is 1.25 bits per heavy atom. The van der Waals surface area contributed by atoms with Crippen molar-refractivity contribution >= 4 is 11.8 Å². The molecular formula is C18H25FN3O2+. The molecule has 0 radical (unpaired) electrons. The highest BCUT2D eigenvalue weighted by molar-refractivity contribution is 5.89. The average Bonchev–Trinajstić information content (AvgIpc) is 2.95. The van der Waals surface area contributed by atoms with Gasteiger partial charge in [0.25, 0.3) is 0 Å². The van der Waals surface area contributed by atoms with Crippen molar-refractivity contribution in [1.82, 2.24) is 9.80 Å². The zero-order chi connectivity index (χ0) is 17.1. The number of quaternary nitrogens is 1. The average molecular weight is 334 g/mol. The van der Waals surface area contributed by atoms with Gasteiger partial charge in [-0.15, -0.1) is 0 Å². The van der Waals surface area contributed by atoms with Gasteiger partial charge in [-0.25, -0.2) is 4.39 Å². The second kappa shape index (κ2) is 7.30. The van der Waals surface area contributed by atoms with E-state index in [2.05, 4.69) is 7.05 Å². The molecule has 0 saturated carbocycles. The first kappa shape index (κ1) is 16.9. The summed E-state index contributed by atoms with van der Waals surface area (Å²) in [6.45, 7) is 4.61. The van der Waals surface area contributed by atoms with E-state index in [4.69, 9.17) is 0 Å². The number of likely N-dealkylation sites (N-methyl/N-ethyl adjacent to an activating group) is 1. The fraction of sp³-hybridized carbons (Fsp3) is 0.556. The minimum atomic E-state index is -0.254. The summed E-state index contributed by atoms with van der Waals surface area (Å²) in [5.41, 5.74) is 1.00. The number of carbonyl (C=O) groups excluding carboxylic acids is 2. The van der Waals surface area contributed by atoms with Crippen molar-refractivity contribution in [2.24, 2.45) is 5.92 Å². The number of nitrogens with one attached hydrogen (secondary N) is 1. The lowest BCUT2D eigenvalue weighted by molar-refractivity contribution is -0.883. The molecule has 0 unspecified atom stereocenters. The highest BCUT2D eigenvalue weighted by Gasteiger charge is 2.37. The molecule has 24 heavy (non-hydrogen) atoms. The van der Waals surface area contributed by atoms with Crippen molar-refractivity contribution < 1.29 is 18.9 Å². The molecule has 5 nitrogen and oxygen atoms in total. The first-order valence-corrected chi connectivity index (χ1v) is 8.65. The Bertz CT molecular complexity index is 597. The lowest BCUT2D eigenvalue weighted by Crippen LogP contribution is -3.12. The van der Waals surface area contributed by atoms with E-state index in [1.807, 2.05) is 4.90 Å². The van der Waals surface area contributed by atoms with Crippen molar-refractivity contribution in [2.75, 3.05) is 46.3 Å². The van der Waals surface area contributed by atoms with Crippen molar-refractivity contribution in [3.63, 3.8) is 0 Å². The lowest BCUT2D eigenvalue weighted by atomic mass is 10.1. The maximum Gasteiger partial charge on any atom is 0.228 e. The van der Waals surface area contributed by atoms with Gasteiger partial charge in [0.15, 0.2) is 0 Å². The van der Waals surface area contributed by atoms with Crippen molar-refractivity contribution in [2.45, 2.75) is 12.8 Å². The van der Waals surface area contributed by atoms with Gasteiger partial charge in [0.05, 0.1) is 39.1 Å². The smallest absolute Gasteiger partial charge is 0.228 e. The predicted molar refractivity (Wildman–Crippen MR) is 88.0 cm³/mol. The molecule has 130 valence electrons. The van der Waals surface area contributed by atoms with Gasteiger partial charge in [0.1, 0.15) is 5.82 Å². The Hall–Kier alpha value is -1.95. The van der Waals surface area contributed by atoms with Gasteiger partial charge >= 0.3 is 0 Å². The molecule has 1 atom stereocenters. The van der Waals surface area contributed by atoms with E-state index in [-0.39, 0.29) is 23.5 Å². The first-order chi connectivity index (χ1) is 11.5. The van der Waals surface area contributed by atoms with Crippen LogP contribution in [0.15, 0.2) is 24.3 Å². The van der Waals surface area contributed by atoms with Crippen LogP contribution in [-0.2, 0) is 16.0 Å². The van der Waals surface area contributed by atoms with E-state index in [1.54, 1.807) is 17.0 Å². The van der Waals surface area contributed by atoms with E-state index in [0.29, 0.717) is 25.9 Å². The zero-order valence-electron chi connectivity index (χ0n) is 14.1. The molecule has 0 aromatic heterocycles. The molecule has 2 heterocycles. The number of carbonyl (C=O) groups is 2. The van der Waals surface area contributed by atoms with Crippen LogP contribution >= 0.6 is 0 Å². The van der Waals surface area contributed by atoms with Gasteiger partial charge in [0.2, 0.25) is 11.8 Å². The molecule has 2 saturated heterocycles. The number of rotatable bonds is 4. The monoisotopic (exact) mass is 334 g/mol. The fourth-order valence-corrected chi connectivity index (χ4v) is 3.44. The molecule has 1 N–H and O–H groups in total. The maximum absolute atomic E-state index is 12.9. The number of benzene rings is 1. The molecular weight excluding hydrogens is 309 g/mol. The molecule has 1 aromatic carbocycles. The predicted octanol–water partition coefficient (Wildman–Crippen LogP) is -0.426. The normalized spacial score (nSPS) is 22.2. The zero-order valence-corrected chi connectivity index (χ0v) is 14.1. The Labute approximate surface area is 142 Å². The van der Waals surface area contributed by atoms with E-state index >= 15 is 0 Å². The lowest BCUT2D eigenvalue weighted by Gasteiger charge is -2.31. The minimum Gasteiger partial charge on any atom is -0.342 e. The number of likely N-dealkylation sites (tertiary alicyclic amines) is 1. The van der Waals surface area contributed by atoms with Gasteiger partial charge in [0, 0.05) is 19.5 Å². The minimum absolute atomic E-state index is 0.0511. The molecule has 0 bridgehead atoms. The van der Waals surface area contributed by atoms with Gasteiger partial charge in [-0.3, -0.25) is 9.59 Å². The van der Waals surface area contributed by atoms with Gasteiger partial charge in [-0.1, -0.05) is 12.1 Å². The molecule has 2 amide bonds. The third-order valence-corrected chi connectivity index (χ3v) is 5.08. The van der Waals surface area contributed by atoms with Crippen LogP contribution in [0.2, 0.25) is 0 Å². The Balaban J connectivity index is 1.51. The van der Waals surface area contributed by atoms with Crippen LogP contribution in [0.25, 0.3) is 0 Å². The number of amides is 2. The molecule has 2 fully saturated rings. The summed E-state index contributed by atoms with van der Waals surface area (Å²) >= 11 is 0. The second-order valence-electron chi connectivity index (χ2n) is 6.90. The van der Waals surface area contributed by atoms with Crippen LogP contribution in [0.4, 0.5) is 4.39 Å². The maximum atomic E-state index is 12.9. The summed E-state index contributed by atoms with van der Waals surface area (Å²) in [5.74, 6) is -0.282. The molecule has 2 aliphatic heterocycles. The number of hydrogen-bond donors (Lipinski definition) is 1. The number of hydrogen-bond acceptors (Lipinski definition) is 2. The molecule has 0 aliphatic carbocycles. The van der Waals surface area contributed by atoms with E-state index in [0.717, 1.165) is 31.7 Å². The topological polar surface area (TPSA) is 45.1 Å². The summed E-state index contributed by atoms with van der Waals surface area (Å²) in [6, 6.07) is 6.35. The van der Waals surface area contributed by atoms with Crippen LogP contribution < -0.4 is 4.90 Å². The summed E-state index contributed by atoms with van der Waals surface area (Å²) in [4.78, 5) is 29.9. The highest BCUT2D eigenvalue weighted by Crippen LogP contribution is 2.20. The summed E-state index contributed by atoms with van der Waals surface area (Å²) in [7, 11) is 2.14. The Morgan fingerprint density at radius 3 is 2.58 bits per heavy atom. The van der Waals surface area contributed by atoms with E-state index in [1.165, 1.54) is 17.0 Å². The van der Waals surface area contributed by atoms with Crippen molar-refractivity contribution in [1.29, 1.82) is 0 Å². The molecule has 2 aliphatic rings. The van der Waals surface area contributed by atoms with E-state index < -0.39 is 0 Å². The standard InChI is InChI=1S/C18H24FN3O2/c1-20-8-10-21(11-9-20)18(24)15-12-17(23)22(13-15)7-6-14-2-4-16(19)5-3-14/h2-5,15H,6-13H2,1H3/p+1/t15-/m0/s1. The van der Waals surface area contributed by atoms with Crippen LogP contribution in [-0.4, -0.2) is 67.9 Å². The quantitative estimate of drug-likeness (QED) is 0.812. The van der Waals surface area contributed by atoms with Gasteiger partial charge in [-0.05, 0) is 24.1 Å². The molecule has 1 aromatic rings. The summed E-state index contributed by atoms with van der Waals surface area (Å²) in [6.07, 6.45) is 1.01. The van der Waals surface area contributed by atoms with E-state index in [9.17, 15) is 14.0 Å². The number of piperazine rings is 1. The molecule has 6 heteroatoms. The molecule has 0 spiro atoms. The first-order valence-electron chi connectivity index (χ1n) is 8.65. The van der Waals surface area contributed by atoms with Crippen LogP contribution in [0, 0.1) is 11.7 Å². The van der Waals surface area contributed by atoms with Crippen LogP contribution in [0.3, 0.4) is 0 Å².